The fourth-order valence-electron chi connectivity index (χ4n) is 6.47. The van der Waals surface area contributed by atoms with Crippen molar-refractivity contribution in [3.63, 3.8) is 0 Å². The summed E-state index contributed by atoms with van der Waals surface area (Å²) in [7, 11) is 1.63. The van der Waals surface area contributed by atoms with Crippen LogP contribution >= 0.6 is 11.6 Å². The minimum atomic E-state index is -4.42. The molecule has 0 radical (unpaired) electrons. The van der Waals surface area contributed by atoms with Crippen LogP contribution in [0.4, 0.5) is 33.3 Å². The molecule has 3 aromatic heterocycles. The van der Waals surface area contributed by atoms with Crippen LogP contribution < -0.4 is 16.2 Å². The maximum absolute atomic E-state index is 14.0. The third-order valence-corrected chi connectivity index (χ3v) is 10.1. The summed E-state index contributed by atoms with van der Waals surface area (Å²) in [6.45, 7) is -0.428. The molecule has 2 saturated carbocycles. The smallest absolute Gasteiger partial charge is 0.382 e. The Hall–Kier alpha value is -4.77. The average Bonchev–Trinajstić information content (AvgIpc) is 3.70. The van der Waals surface area contributed by atoms with Gasteiger partial charge in [-0.1, -0.05) is 35.4 Å². The Morgan fingerprint density at radius 3 is 2.52 bits per heavy atom. The molecule has 2 aliphatic carbocycles. The number of halogens is 6. The Kier molecular flexibility index (Phi) is 7.58. The number of aromatic nitrogens is 5. The molecule has 0 bridgehead atoms. The second kappa shape index (κ2) is 11.4. The van der Waals surface area contributed by atoms with E-state index in [1.807, 2.05) is 6.07 Å². The van der Waals surface area contributed by atoms with Crippen molar-refractivity contribution in [1.82, 2.24) is 24.5 Å². The van der Waals surface area contributed by atoms with Crippen molar-refractivity contribution >= 4 is 44.7 Å². The molecule has 15 heteroatoms. The first kappa shape index (κ1) is 31.8. The van der Waals surface area contributed by atoms with E-state index in [-0.39, 0.29) is 58.7 Å². The van der Waals surface area contributed by atoms with Crippen LogP contribution in [-0.2, 0) is 12.6 Å². The summed E-state index contributed by atoms with van der Waals surface area (Å²) in [5.74, 6) is 0. The van der Waals surface area contributed by atoms with Gasteiger partial charge in [0.2, 0.25) is 0 Å². The van der Waals surface area contributed by atoms with Crippen LogP contribution in [0.3, 0.4) is 0 Å². The summed E-state index contributed by atoms with van der Waals surface area (Å²) >= 11 is 6.69. The molecule has 48 heavy (non-hydrogen) atoms. The van der Waals surface area contributed by atoms with E-state index in [1.54, 1.807) is 49.6 Å². The molecule has 2 aromatic carbocycles. The van der Waals surface area contributed by atoms with Crippen molar-refractivity contribution < 1.29 is 22.0 Å². The Morgan fingerprint density at radius 2 is 1.88 bits per heavy atom. The molecule has 1 atom stereocenters. The van der Waals surface area contributed by atoms with Gasteiger partial charge in [-0.25, -0.2) is 13.5 Å². The Balaban J connectivity index is 1.35. The SMILES string of the molecule is Cn1ccc2c([C@H](Nc3cc(Cl)c4ncc(C#N)c(NCC5(C(F)(F)F)CCC5)c4c3)c3cn(C4(C(F)F)CC4)nn3)cccc2c1=O. The zero-order valence-electron chi connectivity index (χ0n) is 25.5. The van der Waals surface area contributed by atoms with E-state index in [1.165, 1.54) is 21.6 Å². The molecule has 5 aromatic rings. The van der Waals surface area contributed by atoms with Crippen LogP contribution in [0.25, 0.3) is 21.7 Å². The average molecular weight is 683 g/mol. The van der Waals surface area contributed by atoms with Gasteiger partial charge in [-0.05, 0) is 60.9 Å². The summed E-state index contributed by atoms with van der Waals surface area (Å²) < 4.78 is 72.6. The van der Waals surface area contributed by atoms with Crippen molar-refractivity contribution in [2.45, 2.75) is 56.3 Å². The highest BCUT2D eigenvalue weighted by Crippen LogP contribution is 2.53. The molecule has 2 fully saturated rings. The van der Waals surface area contributed by atoms with E-state index in [9.17, 15) is 32.0 Å². The number of anilines is 2. The lowest BCUT2D eigenvalue weighted by atomic mass is 9.68. The quantitative estimate of drug-likeness (QED) is 0.157. The number of aryl methyl sites for hydroxylation is 1. The third-order valence-electron chi connectivity index (χ3n) is 9.77. The number of benzene rings is 2. The fourth-order valence-corrected chi connectivity index (χ4v) is 6.74. The van der Waals surface area contributed by atoms with E-state index in [0.717, 1.165) is 0 Å². The summed E-state index contributed by atoms with van der Waals surface area (Å²) in [6.07, 6.45) is -1.84. The van der Waals surface area contributed by atoms with Crippen molar-refractivity contribution in [2.24, 2.45) is 12.5 Å². The number of nitrogens with one attached hydrogen (secondary N) is 2. The molecule has 3 heterocycles. The van der Waals surface area contributed by atoms with Gasteiger partial charge >= 0.3 is 6.18 Å². The number of hydrogen-bond donors (Lipinski definition) is 2. The number of fused-ring (bicyclic) bond motifs is 2. The van der Waals surface area contributed by atoms with Crippen LogP contribution in [-0.4, -0.2) is 43.7 Å². The van der Waals surface area contributed by atoms with Crippen LogP contribution in [0.5, 0.6) is 0 Å². The van der Waals surface area contributed by atoms with Gasteiger partial charge in [0.05, 0.1) is 39.4 Å². The maximum Gasteiger partial charge on any atom is 0.396 e. The van der Waals surface area contributed by atoms with Gasteiger partial charge in [0.25, 0.3) is 12.0 Å². The molecule has 0 saturated heterocycles. The molecular weight excluding hydrogens is 655 g/mol. The molecule has 0 spiro atoms. The van der Waals surface area contributed by atoms with Gasteiger partial charge in [0.15, 0.2) is 0 Å². The molecule has 0 amide bonds. The van der Waals surface area contributed by atoms with E-state index >= 15 is 0 Å². The lowest BCUT2D eigenvalue weighted by Gasteiger charge is -2.43. The first-order valence-electron chi connectivity index (χ1n) is 15.3. The first-order chi connectivity index (χ1) is 22.9. The number of rotatable bonds is 9. The zero-order valence-corrected chi connectivity index (χ0v) is 26.2. The van der Waals surface area contributed by atoms with Crippen LogP contribution in [0.1, 0.15) is 55.0 Å². The van der Waals surface area contributed by atoms with Crippen LogP contribution in [0, 0.1) is 16.7 Å². The van der Waals surface area contributed by atoms with Gasteiger partial charge in [-0.15, -0.1) is 5.10 Å². The van der Waals surface area contributed by atoms with Crippen LogP contribution in [0.2, 0.25) is 5.02 Å². The van der Waals surface area contributed by atoms with Gasteiger partial charge in [-0.2, -0.15) is 18.4 Å². The van der Waals surface area contributed by atoms with Gasteiger partial charge in [-0.3, -0.25) is 9.78 Å². The highest BCUT2D eigenvalue weighted by Gasteiger charge is 2.58. The van der Waals surface area contributed by atoms with Crippen molar-refractivity contribution in [1.29, 1.82) is 5.26 Å². The molecule has 248 valence electrons. The second-order valence-electron chi connectivity index (χ2n) is 12.6. The maximum atomic E-state index is 14.0. The molecule has 0 unspecified atom stereocenters. The number of nitrogens with zero attached hydrogens (tertiary/aromatic N) is 6. The fraction of sp³-hybridized carbons (Fsp3) is 0.364. The van der Waals surface area contributed by atoms with E-state index in [4.69, 9.17) is 11.6 Å². The normalized spacial score (nSPS) is 17.2. The first-order valence-corrected chi connectivity index (χ1v) is 15.6. The predicted molar refractivity (Wildman–Crippen MR) is 170 cm³/mol. The number of nitriles is 1. The summed E-state index contributed by atoms with van der Waals surface area (Å²) in [6, 6.07) is 11.3. The predicted octanol–water partition coefficient (Wildman–Crippen LogP) is 7.30. The zero-order chi connectivity index (χ0) is 34.0. The largest absolute Gasteiger partial charge is 0.396 e. The van der Waals surface area contributed by atoms with Gasteiger partial charge in [0.1, 0.15) is 17.3 Å². The van der Waals surface area contributed by atoms with E-state index in [0.29, 0.717) is 33.8 Å². The minimum Gasteiger partial charge on any atom is -0.382 e. The van der Waals surface area contributed by atoms with Gasteiger partial charge < -0.3 is 15.2 Å². The van der Waals surface area contributed by atoms with E-state index in [2.05, 4.69) is 25.9 Å². The molecule has 9 nitrogen and oxygen atoms in total. The standard InChI is InChI=1S/C33H28ClF5N8O/c1-46-11-6-20-21(4-2-5-22(20)29(46)48)28(25-16-47(45-44-25)32(9-10-32)30(35)36)43-19-12-23-26(18(14-40)15-41-27(23)24(34)13-19)42-17-31(7-3-8-31)33(37,38)39/h2,4-6,11-13,15-16,28,30,43H,3,7-10,17H2,1H3,(H,41,42)/t28-/m0/s1. The topological polar surface area (TPSA) is 113 Å². The number of hydrogen-bond acceptors (Lipinski definition) is 7. The molecule has 2 N–H and O–H groups in total. The third kappa shape index (κ3) is 5.11. The Morgan fingerprint density at radius 1 is 1.10 bits per heavy atom. The summed E-state index contributed by atoms with van der Waals surface area (Å²) in [4.78, 5) is 17.3. The molecule has 7 rings (SSSR count). The molecule has 0 aliphatic heterocycles. The molecule has 2 aliphatic rings. The monoisotopic (exact) mass is 682 g/mol. The lowest BCUT2D eigenvalue weighted by Crippen LogP contribution is -2.48. The van der Waals surface area contributed by atoms with Crippen molar-refractivity contribution in [3.8, 4) is 6.07 Å². The second-order valence-corrected chi connectivity index (χ2v) is 13.0. The van der Waals surface area contributed by atoms with Gasteiger partial charge in [0, 0.05) is 42.4 Å². The van der Waals surface area contributed by atoms with E-state index < -0.39 is 36.1 Å². The highest BCUT2D eigenvalue weighted by atomic mass is 35.5. The molecular formula is C33H28ClF5N8O. The van der Waals surface area contributed by atoms with Crippen molar-refractivity contribution in [2.75, 3.05) is 17.2 Å². The number of alkyl halides is 5. The Labute approximate surface area is 275 Å². The number of pyridine rings is 2. The highest BCUT2D eigenvalue weighted by molar-refractivity contribution is 6.35. The summed E-state index contributed by atoms with van der Waals surface area (Å²) in [5.41, 5.74) is -1.88. The minimum absolute atomic E-state index is 0.0225. The lowest BCUT2D eigenvalue weighted by molar-refractivity contribution is -0.244. The van der Waals surface area contributed by atoms with Crippen molar-refractivity contribution in [3.05, 3.63) is 87.2 Å². The Bertz CT molecular complexity index is 2160. The van der Waals surface area contributed by atoms with Crippen LogP contribution in [0.15, 0.2) is 59.8 Å². The summed E-state index contributed by atoms with van der Waals surface area (Å²) in [5, 5.41) is 25.9.